The summed E-state index contributed by atoms with van der Waals surface area (Å²) < 4.78 is 5.65. The molecule has 1 aliphatic rings. The number of rotatable bonds is 18. The van der Waals surface area contributed by atoms with Crippen LogP contribution in [0, 0.1) is 23.7 Å². The molecule has 0 aromatic carbocycles. The molecule has 0 aromatic rings. The molecule has 0 bridgehead atoms. The van der Waals surface area contributed by atoms with Crippen LogP contribution in [0.2, 0.25) is 0 Å². The van der Waals surface area contributed by atoms with E-state index in [0.29, 0.717) is 6.61 Å². The average molecular weight is 754 g/mol. The third-order valence-corrected chi connectivity index (χ3v) is 9.12. The molecule has 7 atom stereocenters. The lowest BCUT2D eigenvalue weighted by Gasteiger charge is -2.35. The Labute approximate surface area is 313 Å². The average Bonchev–Trinajstić information content (AvgIpc) is 3.50. The topological polar surface area (TPSA) is 236 Å². The van der Waals surface area contributed by atoms with Crippen LogP contribution in [-0.4, -0.2) is 135 Å². The molecule has 18 heteroatoms. The van der Waals surface area contributed by atoms with E-state index in [0.717, 1.165) is 6.42 Å². The van der Waals surface area contributed by atoms with Crippen molar-refractivity contribution in [1.29, 1.82) is 0 Å². The summed E-state index contributed by atoms with van der Waals surface area (Å²) in [5.41, 5.74) is 0. The van der Waals surface area contributed by atoms with E-state index >= 15 is 0 Å². The number of ether oxygens (including phenoxy) is 1. The first kappa shape index (κ1) is 46.7. The van der Waals surface area contributed by atoms with Gasteiger partial charge in [-0.05, 0) is 56.9 Å². The standard InChI is InChI=1S/C35H63N9O9/c1-18(2)15-23(43(11)25(45)17-38-35(52)42-32(49)27(36-9)28-21(7)13-14-53-28)31(48)40-26(20(5)6)33(50)44(12)24(16-19(3)4)30(47)39-22(8)29(46)41-34(51)37-10/h18-24,26-28,36H,13-17H2,1-12H3,(H,39,47)(H,40,48)(H2,37,41,46,51)(H2,38,42,49,52)/t21-,22+,23+,24+,26+,27+,28-/m1/s1. The minimum absolute atomic E-state index is 0.0401. The molecule has 1 saturated heterocycles. The van der Waals surface area contributed by atoms with Crippen molar-refractivity contribution in [2.75, 3.05) is 41.3 Å². The number of imide groups is 2. The Kier molecular flexibility index (Phi) is 19.4. The second-order valence-corrected chi connectivity index (χ2v) is 14.8. The van der Waals surface area contributed by atoms with E-state index in [2.05, 4.69) is 37.2 Å². The van der Waals surface area contributed by atoms with Gasteiger partial charge in [-0.2, -0.15) is 0 Å². The van der Waals surface area contributed by atoms with Gasteiger partial charge in [0.2, 0.25) is 35.4 Å². The van der Waals surface area contributed by atoms with Crippen LogP contribution >= 0.6 is 0 Å². The van der Waals surface area contributed by atoms with Crippen LogP contribution in [0.15, 0.2) is 0 Å². The maximum absolute atomic E-state index is 14.0. The molecule has 1 heterocycles. The van der Waals surface area contributed by atoms with Gasteiger partial charge >= 0.3 is 12.1 Å². The Balaban J connectivity index is 3.07. The Morgan fingerprint density at radius 1 is 0.717 bits per heavy atom. The largest absolute Gasteiger partial charge is 0.376 e. The van der Waals surface area contributed by atoms with Crippen LogP contribution in [0.3, 0.4) is 0 Å². The van der Waals surface area contributed by atoms with Gasteiger partial charge in [-0.25, -0.2) is 9.59 Å². The molecule has 0 aromatic heterocycles. The number of amides is 10. The van der Waals surface area contributed by atoms with Crippen LogP contribution in [0.4, 0.5) is 9.59 Å². The highest BCUT2D eigenvalue weighted by molar-refractivity contribution is 6.00. The molecule has 0 radical (unpaired) electrons. The second-order valence-electron chi connectivity index (χ2n) is 14.8. The first-order valence-electron chi connectivity index (χ1n) is 18.2. The fourth-order valence-corrected chi connectivity index (χ4v) is 5.84. The molecule has 7 N–H and O–H groups in total. The van der Waals surface area contributed by atoms with Crippen molar-refractivity contribution < 1.29 is 43.1 Å². The normalized spacial score (nSPS) is 18.2. The number of nitrogens with zero attached hydrogens (tertiary/aromatic N) is 2. The molecule has 0 aliphatic carbocycles. The lowest BCUT2D eigenvalue weighted by Crippen LogP contribution is -2.60. The Morgan fingerprint density at radius 3 is 1.72 bits per heavy atom. The summed E-state index contributed by atoms with van der Waals surface area (Å²) in [5.74, 6) is -4.16. The summed E-state index contributed by atoms with van der Waals surface area (Å²) in [6.45, 7) is 14.3. The summed E-state index contributed by atoms with van der Waals surface area (Å²) in [6.07, 6.45) is 0.842. The second kappa shape index (κ2) is 22.0. The number of nitrogens with one attached hydrogen (secondary N) is 7. The van der Waals surface area contributed by atoms with Crippen LogP contribution in [-0.2, 0) is 33.5 Å². The van der Waals surface area contributed by atoms with Gasteiger partial charge in [-0.3, -0.25) is 39.4 Å². The highest BCUT2D eigenvalue weighted by Crippen LogP contribution is 2.23. The van der Waals surface area contributed by atoms with E-state index < -0.39 is 96.3 Å². The Hall–Kier alpha value is -4.32. The lowest BCUT2D eigenvalue weighted by atomic mass is 9.97. The van der Waals surface area contributed by atoms with E-state index in [1.54, 1.807) is 20.9 Å². The summed E-state index contributed by atoms with van der Waals surface area (Å²) >= 11 is 0. The highest BCUT2D eigenvalue weighted by atomic mass is 16.5. The van der Waals surface area contributed by atoms with Crippen LogP contribution in [0.25, 0.3) is 0 Å². The number of likely N-dealkylation sites (N-methyl/N-ethyl adjacent to an activating group) is 3. The van der Waals surface area contributed by atoms with Crippen molar-refractivity contribution in [2.24, 2.45) is 23.7 Å². The molecule has 53 heavy (non-hydrogen) atoms. The number of hydrogen-bond donors (Lipinski definition) is 7. The fourth-order valence-electron chi connectivity index (χ4n) is 5.84. The van der Waals surface area contributed by atoms with E-state index in [9.17, 15) is 38.4 Å². The van der Waals surface area contributed by atoms with Gasteiger partial charge in [0.15, 0.2) is 0 Å². The molecule has 0 spiro atoms. The fraction of sp³-hybridized carbons (Fsp3) is 0.771. The summed E-state index contributed by atoms with van der Waals surface area (Å²) in [5, 5.41) is 17.2. The maximum atomic E-state index is 14.0. The van der Waals surface area contributed by atoms with Gasteiger partial charge < -0.3 is 41.1 Å². The Bertz CT molecular complexity index is 1310. The molecule has 1 rings (SSSR count). The van der Waals surface area contributed by atoms with Crippen molar-refractivity contribution in [1.82, 2.24) is 47.0 Å². The highest BCUT2D eigenvalue weighted by Gasteiger charge is 2.38. The minimum atomic E-state index is -1.09. The number of hydrogen-bond acceptors (Lipinski definition) is 10. The van der Waals surface area contributed by atoms with E-state index in [4.69, 9.17) is 4.74 Å². The predicted octanol–water partition coefficient (Wildman–Crippen LogP) is -0.327. The van der Waals surface area contributed by atoms with Gasteiger partial charge in [-0.1, -0.05) is 48.5 Å². The van der Waals surface area contributed by atoms with E-state index in [1.807, 2.05) is 34.6 Å². The van der Waals surface area contributed by atoms with Crippen molar-refractivity contribution in [2.45, 2.75) is 111 Å². The third-order valence-electron chi connectivity index (χ3n) is 9.12. The van der Waals surface area contributed by atoms with E-state index in [-0.39, 0.29) is 30.6 Å². The molecular formula is C35H63N9O9. The molecule has 0 unspecified atom stereocenters. The molecule has 10 amide bonds. The summed E-state index contributed by atoms with van der Waals surface area (Å²) in [7, 11) is 5.78. The van der Waals surface area contributed by atoms with Gasteiger partial charge in [0.1, 0.15) is 30.2 Å². The van der Waals surface area contributed by atoms with Crippen molar-refractivity contribution >= 4 is 47.5 Å². The van der Waals surface area contributed by atoms with Crippen molar-refractivity contribution in [3.8, 4) is 0 Å². The summed E-state index contributed by atoms with van der Waals surface area (Å²) in [6, 6.07) is -6.63. The smallest absolute Gasteiger partial charge is 0.321 e. The number of carbonyl (C=O) groups excluding carboxylic acids is 8. The quantitative estimate of drug-likeness (QED) is 0.0963. The minimum Gasteiger partial charge on any atom is -0.376 e. The monoisotopic (exact) mass is 753 g/mol. The Morgan fingerprint density at radius 2 is 1.25 bits per heavy atom. The van der Waals surface area contributed by atoms with E-state index in [1.165, 1.54) is 37.9 Å². The molecular weight excluding hydrogens is 690 g/mol. The van der Waals surface area contributed by atoms with Gasteiger partial charge in [-0.15, -0.1) is 0 Å². The zero-order chi connectivity index (χ0) is 40.7. The van der Waals surface area contributed by atoms with Crippen molar-refractivity contribution in [3.05, 3.63) is 0 Å². The first-order valence-corrected chi connectivity index (χ1v) is 18.2. The molecule has 1 fully saturated rings. The predicted molar refractivity (Wildman–Crippen MR) is 197 cm³/mol. The maximum Gasteiger partial charge on any atom is 0.321 e. The molecule has 1 aliphatic heterocycles. The number of carbonyl (C=O) groups is 8. The zero-order valence-corrected chi connectivity index (χ0v) is 33.4. The third kappa shape index (κ3) is 14.6. The van der Waals surface area contributed by atoms with Crippen molar-refractivity contribution in [3.63, 3.8) is 0 Å². The number of urea groups is 2. The lowest BCUT2D eigenvalue weighted by molar-refractivity contribution is -0.145. The van der Waals surface area contributed by atoms with Crippen LogP contribution in [0.5, 0.6) is 0 Å². The SMILES string of the molecule is CNC(=O)NC(=O)[C@H](C)NC(=O)[C@H](CC(C)C)N(C)C(=O)[C@@H](NC(=O)[C@H](CC(C)C)N(C)C(=O)CNC(=O)NC(=O)[C@@H](NC)[C@@H]1OCC[C@H]1C)C(C)C. The van der Waals surface area contributed by atoms with Crippen LogP contribution < -0.4 is 37.2 Å². The van der Waals surface area contributed by atoms with Gasteiger partial charge in [0, 0.05) is 27.7 Å². The first-order chi connectivity index (χ1) is 24.7. The zero-order valence-electron chi connectivity index (χ0n) is 33.4. The molecule has 18 nitrogen and oxygen atoms in total. The van der Waals surface area contributed by atoms with Gasteiger partial charge in [0.25, 0.3) is 0 Å². The molecule has 0 saturated carbocycles. The summed E-state index contributed by atoms with van der Waals surface area (Å²) in [4.78, 5) is 106. The van der Waals surface area contributed by atoms with Crippen LogP contribution in [0.1, 0.15) is 74.7 Å². The van der Waals surface area contributed by atoms with Gasteiger partial charge in [0.05, 0.1) is 12.6 Å². The molecule has 302 valence electrons.